The Bertz CT molecular complexity index is 578. The molecule has 1 N–H and O–H groups in total. The molecule has 0 aliphatic heterocycles. The Morgan fingerprint density at radius 1 is 1.26 bits per heavy atom. The average molecular weight is 258 g/mol. The molecule has 0 radical (unpaired) electrons. The van der Waals surface area contributed by atoms with E-state index < -0.39 is 0 Å². The summed E-state index contributed by atoms with van der Waals surface area (Å²) >= 11 is 0. The van der Waals surface area contributed by atoms with Crippen molar-refractivity contribution in [1.29, 1.82) is 0 Å². The van der Waals surface area contributed by atoms with Gasteiger partial charge < -0.3 is 10.1 Å². The summed E-state index contributed by atoms with van der Waals surface area (Å²) in [4.78, 5) is 4.83. The highest BCUT2D eigenvalue weighted by molar-refractivity contribution is 5.95. The average Bonchev–Trinajstić information content (AvgIpc) is 2.42. The van der Waals surface area contributed by atoms with Gasteiger partial charge in [-0.1, -0.05) is 25.1 Å². The van der Waals surface area contributed by atoms with Crippen LogP contribution in [0.25, 0.3) is 10.9 Å². The van der Waals surface area contributed by atoms with Crippen LogP contribution in [0.1, 0.15) is 30.7 Å². The predicted molar refractivity (Wildman–Crippen MR) is 80.7 cm³/mol. The molecule has 0 saturated heterocycles. The second kappa shape index (κ2) is 6.02. The van der Waals surface area contributed by atoms with E-state index in [2.05, 4.69) is 44.3 Å². The molecule has 1 aromatic carbocycles. The second-order valence-corrected chi connectivity index (χ2v) is 4.69. The van der Waals surface area contributed by atoms with E-state index in [1.165, 1.54) is 16.6 Å². The minimum atomic E-state index is 0.599. The highest BCUT2D eigenvalue weighted by atomic mass is 16.5. The summed E-state index contributed by atoms with van der Waals surface area (Å²) in [6.07, 6.45) is 0.946. The molecule has 0 atom stereocenters. The quantitative estimate of drug-likeness (QED) is 0.888. The summed E-state index contributed by atoms with van der Waals surface area (Å²) < 4.78 is 5.28. The van der Waals surface area contributed by atoms with Gasteiger partial charge in [-0.15, -0.1) is 0 Å². The van der Waals surface area contributed by atoms with Gasteiger partial charge in [0.25, 0.3) is 0 Å². The molecule has 102 valence electrons. The summed E-state index contributed by atoms with van der Waals surface area (Å²) in [6, 6.07) is 6.29. The fraction of sp³-hybridized carbons (Fsp3) is 0.438. The topological polar surface area (TPSA) is 34.2 Å². The summed E-state index contributed by atoms with van der Waals surface area (Å²) in [5, 5.41) is 4.67. The van der Waals surface area contributed by atoms with Gasteiger partial charge in [-0.05, 0) is 25.8 Å². The highest BCUT2D eigenvalue weighted by Crippen LogP contribution is 2.30. The van der Waals surface area contributed by atoms with E-state index in [0.717, 1.165) is 29.7 Å². The highest BCUT2D eigenvalue weighted by Gasteiger charge is 2.12. The number of anilines is 1. The first-order chi connectivity index (χ1) is 9.22. The van der Waals surface area contributed by atoms with Crippen molar-refractivity contribution in [2.75, 3.05) is 19.0 Å². The van der Waals surface area contributed by atoms with Gasteiger partial charge in [-0.2, -0.15) is 0 Å². The second-order valence-electron chi connectivity index (χ2n) is 4.69. The van der Waals surface area contributed by atoms with E-state index in [-0.39, 0.29) is 0 Å². The molecule has 3 nitrogen and oxygen atoms in total. The molecule has 1 aromatic heterocycles. The number of para-hydroxylation sites is 1. The minimum absolute atomic E-state index is 0.599. The zero-order valence-corrected chi connectivity index (χ0v) is 12.2. The van der Waals surface area contributed by atoms with Crippen LogP contribution in [-0.4, -0.2) is 18.6 Å². The van der Waals surface area contributed by atoms with Gasteiger partial charge in [0.2, 0.25) is 0 Å². The maximum Gasteiger partial charge on any atom is 0.0781 e. The molecule has 0 aliphatic carbocycles. The molecular weight excluding hydrogens is 236 g/mol. The standard InChI is InChI=1S/C16H22N2O/c1-5-14-11(3)15(17-6-2)13-9-7-8-12(10-19-4)16(13)18-14/h7-9H,5-6,10H2,1-4H3,(H,17,18). The van der Waals surface area contributed by atoms with Gasteiger partial charge in [0.1, 0.15) is 0 Å². The van der Waals surface area contributed by atoms with Crippen LogP contribution in [-0.2, 0) is 17.8 Å². The normalized spacial score (nSPS) is 10.9. The zero-order valence-electron chi connectivity index (χ0n) is 12.2. The number of hydrogen-bond acceptors (Lipinski definition) is 3. The number of ether oxygens (including phenoxy) is 1. The van der Waals surface area contributed by atoms with E-state index in [1.54, 1.807) is 7.11 Å². The number of methoxy groups -OCH3 is 1. The number of nitrogens with zero attached hydrogens (tertiary/aromatic N) is 1. The number of aryl methyl sites for hydroxylation is 1. The molecule has 0 spiro atoms. The maximum absolute atomic E-state index is 5.28. The lowest BCUT2D eigenvalue weighted by Gasteiger charge is -2.16. The number of nitrogens with one attached hydrogen (secondary N) is 1. The fourth-order valence-corrected chi connectivity index (χ4v) is 2.51. The first kappa shape index (κ1) is 13.8. The fourth-order valence-electron chi connectivity index (χ4n) is 2.51. The van der Waals surface area contributed by atoms with Crippen molar-refractivity contribution in [3.63, 3.8) is 0 Å². The molecule has 0 fully saturated rings. The minimum Gasteiger partial charge on any atom is -0.385 e. The van der Waals surface area contributed by atoms with Crippen LogP contribution >= 0.6 is 0 Å². The van der Waals surface area contributed by atoms with Crippen molar-refractivity contribution < 1.29 is 4.74 Å². The monoisotopic (exact) mass is 258 g/mol. The number of fused-ring (bicyclic) bond motifs is 1. The van der Waals surface area contributed by atoms with Gasteiger partial charge >= 0.3 is 0 Å². The van der Waals surface area contributed by atoms with Gasteiger partial charge in [-0.3, -0.25) is 4.98 Å². The first-order valence-corrected chi connectivity index (χ1v) is 6.86. The Morgan fingerprint density at radius 3 is 2.68 bits per heavy atom. The van der Waals surface area contributed by atoms with Crippen LogP contribution in [0.2, 0.25) is 0 Å². The molecule has 19 heavy (non-hydrogen) atoms. The van der Waals surface area contributed by atoms with Crippen LogP contribution in [0.5, 0.6) is 0 Å². The molecule has 3 heteroatoms. The number of pyridine rings is 1. The summed E-state index contributed by atoms with van der Waals surface area (Å²) in [5.41, 5.74) is 5.83. The van der Waals surface area contributed by atoms with Gasteiger partial charge in [-0.25, -0.2) is 0 Å². The van der Waals surface area contributed by atoms with E-state index in [9.17, 15) is 0 Å². The van der Waals surface area contributed by atoms with E-state index in [0.29, 0.717) is 6.61 Å². The lowest BCUT2D eigenvalue weighted by Crippen LogP contribution is -2.05. The van der Waals surface area contributed by atoms with Crippen LogP contribution in [0, 0.1) is 6.92 Å². The predicted octanol–water partition coefficient (Wildman–Crippen LogP) is 3.68. The third kappa shape index (κ3) is 2.56. The van der Waals surface area contributed by atoms with Crippen LogP contribution < -0.4 is 5.32 Å². The molecule has 1 heterocycles. The van der Waals surface area contributed by atoms with Crippen LogP contribution in [0.3, 0.4) is 0 Å². The third-order valence-electron chi connectivity index (χ3n) is 3.43. The maximum atomic E-state index is 5.28. The van der Waals surface area contributed by atoms with E-state index >= 15 is 0 Å². The van der Waals surface area contributed by atoms with Crippen molar-refractivity contribution >= 4 is 16.6 Å². The van der Waals surface area contributed by atoms with Gasteiger partial charge in [0, 0.05) is 36.0 Å². The first-order valence-electron chi connectivity index (χ1n) is 6.86. The SMILES string of the molecule is CCNc1c(C)c(CC)nc2c(COC)cccc12. The number of hydrogen-bond donors (Lipinski definition) is 1. The molecule has 0 bridgehead atoms. The molecule has 2 aromatic rings. The molecule has 0 amide bonds. The molecule has 0 saturated carbocycles. The molecule has 2 rings (SSSR count). The Hall–Kier alpha value is -1.61. The Labute approximate surface area is 115 Å². The molecule has 0 aliphatic rings. The van der Waals surface area contributed by atoms with Gasteiger partial charge in [0.15, 0.2) is 0 Å². The van der Waals surface area contributed by atoms with Crippen LogP contribution in [0.4, 0.5) is 5.69 Å². The largest absolute Gasteiger partial charge is 0.385 e. The summed E-state index contributed by atoms with van der Waals surface area (Å²) in [5.74, 6) is 0. The lowest BCUT2D eigenvalue weighted by atomic mass is 10.0. The van der Waals surface area contributed by atoms with Crippen molar-refractivity contribution in [3.8, 4) is 0 Å². The van der Waals surface area contributed by atoms with Gasteiger partial charge in [0.05, 0.1) is 12.1 Å². The summed E-state index contributed by atoms with van der Waals surface area (Å²) in [7, 11) is 1.72. The number of rotatable bonds is 5. The smallest absolute Gasteiger partial charge is 0.0781 e. The number of aromatic nitrogens is 1. The molecular formula is C16H22N2O. The van der Waals surface area contributed by atoms with Crippen molar-refractivity contribution in [2.45, 2.75) is 33.8 Å². The Kier molecular flexibility index (Phi) is 4.38. The van der Waals surface area contributed by atoms with Crippen molar-refractivity contribution in [1.82, 2.24) is 4.98 Å². The Morgan fingerprint density at radius 2 is 2.05 bits per heavy atom. The summed E-state index contributed by atoms with van der Waals surface area (Å²) in [6.45, 7) is 7.93. The number of benzene rings is 1. The lowest BCUT2D eigenvalue weighted by molar-refractivity contribution is 0.186. The van der Waals surface area contributed by atoms with Crippen molar-refractivity contribution in [2.24, 2.45) is 0 Å². The van der Waals surface area contributed by atoms with E-state index in [1.807, 2.05) is 0 Å². The third-order valence-corrected chi connectivity index (χ3v) is 3.43. The Balaban J connectivity index is 2.74. The van der Waals surface area contributed by atoms with Crippen LogP contribution in [0.15, 0.2) is 18.2 Å². The van der Waals surface area contributed by atoms with Crippen molar-refractivity contribution in [3.05, 3.63) is 35.0 Å². The molecule has 0 unspecified atom stereocenters. The zero-order chi connectivity index (χ0) is 13.8. The van der Waals surface area contributed by atoms with E-state index in [4.69, 9.17) is 9.72 Å².